The van der Waals surface area contributed by atoms with E-state index in [1.54, 1.807) is 12.3 Å². The monoisotopic (exact) mass is 327 g/mol. The zero-order valence-electron chi connectivity index (χ0n) is 12.4. The number of aliphatic hydroxyl groups excluding tert-OH is 1. The second-order valence-corrected chi connectivity index (χ2v) is 7.43. The minimum atomic E-state index is -3.29. The average molecular weight is 327 g/mol. The van der Waals surface area contributed by atoms with Gasteiger partial charge in [-0.25, -0.2) is 13.1 Å². The first-order valence-electron chi connectivity index (χ1n) is 7.18. The summed E-state index contributed by atoms with van der Waals surface area (Å²) < 4.78 is 24.2. The number of nitrogens with one attached hydrogen (secondary N) is 2. The van der Waals surface area contributed by atoms with Crippen molar-refractivity contribution in [3.8, 4) is 0 Å². The van der Waals surface area contributed by atoms with Gasteiger partial charge in [-0.05, 0) is 30.9 Å². The molecule has 1 saturated carbocycles. The van der Waals surface area contributed by atoms with Crippen LogP contribution in [0.1, 0.15) is 31.0 Å². The second kappa shape index (κ2) is 7.17. The molecule has 1 unspecified atom stereocenters. The lowest BCUT2D eigenvalue weighted by atomic mass is 9.76. The SMILES string of the molecule is CS(=O)(=O)NCCC(=O)NC(c1ccccn1)C1CC(O)C1. The molecule has 0 bridgehead atoms. The van der Waals surface area contributed by atoms with Gasteiger partial charge in [0.05, 0.1) is 24.1 Å². The van der Waals surface area contributed by atoms with Crippen molar-refractivity contribution < 1.29 is 18.3 Å². The molecule has 22 heavy (non-hydrogen) atoms. The predicted octanol–water partition coefficient (Wildman–Crippen LogP) is -0.0509. The lowest BCUT2D eigenvalue weighted by Gasteiger charge is -2.37. The first-order chi connectivity index (χ1) is 10.3. The van der Waals surface area contributed by atoms with E-state index in [4.69, 9.17) is 0 Å². The molecule has 2 rings (SSSR count). The van der Waals surface area contributed by atoms with Gasteiger partial charge in [0.25, 0.3) is 0 Å². The maximum absolute atomic E-state index is 12.0. The topological polar surface area (TPSA) is 108 Å². The molecule has 0 spiro atoms. The highest BCUT2D eigenvalue weighted by Gasteiger charge is 2.36. The molecule has 1 fully saturated rings. The van der Waals surface area contributed by atoms with Gasteiger partial charge >= 0.3 is 0 Å². The minimum Gasteiger partial charge on any atom is -0.393 e. The summed E-state index contributed by atoms with van der Waals surface area (Å²) in [7, 11) is -3.29. The Balaban J connectivity index is 1.93. The van der Waals surface area contributed by atoms with Crippen LogP contribution in [0.2, 0.25) is 0 Å². The molecule has 7 nitrogen and oxygen atoms in total. The molecule has 3 N–H and O–H groups in total. The van der Waals surface area contributed by atoms with Crippen LogP contribution < -0.4 is 10.0 Å². The van der Waals surface area contributed by atoms with Gasteiger partial charge in [-0.2, -0.15) is 0 Å². The third-order valence-electron chi connectivity index (χ3n) is 3.66. The molecule has 0 aliphatic heterocycles. The number of carbonyl (C=O) groups is 1. The Morgan fingerprint density at radius 3 is 2.73 bits per heavy atom. The number of amides is 1. The van der Waals surface area contributed by atoms with Crippen molar-refractivity contribution in [1.29, 1.82) is 0 Å². The Labute approximate surface area is 130 Å². The summed E-state index contributed by atoms with van der Waals surface area (Å²) in [6, 6.07) is 5.23. The van der Waals surface area contributed by atoms with Crippen LogP contribution >= 0.6 is 0 Å². The van der Waals surface area contributed by atoms with Crippen molar-refractivity contribution in [2.24, 2.45) is 5.92 Å². The molecule has 1 aliphatic rings. The summed E-state index contributed by atoms with van der Waals surface area (Å²) in [5.74, 6) is -0.0927. The number of aliphatic hydroxyl groups is 1. The van der Waals surface area contributed by atoms with Gasteiger partial charge in [0, 0.05) is 19.2 Å². The number of rotatable bonds is 7. The van der Waals surface area contributed by atoms with Gasteiger partial charge in [-0.1, -0.05) is 6.07 Å². The largest absolute Gasteiger partial charge is 0.393 e. The Morgan fingerprint density at radius 1 is 1.45 bits per heavy atom. The number of aromatic nitrogens is 1. The lowest BCUT2D eigenvalue weighted by molar-refractivity contribution is -0.122. The number of pyridine rings is 1. The highest BCUT2D eigenvalue weighted by atomic mass is 32.2. The summed E-state index contributed by atoms with van der Waals surface area (Å²) in [5, 5.41) is 12.4. The van der Waals surface area contributed by atoms with Crippen LogP contribution in [0.15, 0.2) is 24.4 Å². The fourth-order valence-electron chi connectivity index (χ4n) is 2.49. The lowest BCUT2D eigenvalue weighted by Crippen LogP contribution is -2.42. The second-order valence-electron chi connectivity index (χ2n) is 5.60. The highest BCUT2D eigenvalue weighted by molar-refractivity contribution is 7.88. The molecule has 0 aromatic carbocycles. The van der Waals surface area contributed by atoms with Crippen molar-refractivity contribution >= 4 is 15.9 Å². The van der Waals surface area contributed by atoms with Gasteiger partial charge in [0.2, 0.25) is 15.9 Å². The number of nitrogens with zero attached hydrogens (tertiary/aromatic N) is 1. The smallest absolute Gasteiger partial charge is 0.221 e. The van der Waals surface area contributed by atoms with E-state index in [0.29, 0.717) is 12.8 Å². The number of carbonyl (C=O) groups excluding carboxylic acids is 1. The van der Waals surface area contributed by atoms with Crippen LogP contribution in [-0.4, -0.2) is 43.3 Å². The molecule has 1 heterocycles. The predicted molar refractivity (Wildman–Crippen MR) is 81.3 cm³/mol. The molecule has 0 radical (unpaired) electrons. The fraction of sp³-hybridized carbons (Fsp3) is 0.571. The van der Waals surface area contributed by atoms with Crippen LogP contribution in [0.4, 0.5) is 0 Å². The molecule has 0 saturated heterocycles. The number of hydrogen-bond donors (Lipinski definition) is 3. The van der Waals surface area contributed by atoms with E-state index in [-0.39, 0.29) is 36.9 Å². The van der Waals surface area contributed by atoms with Crippen molar-refractivity contribution in [3.63, 3.8) is 0 Å². The molecular formula is C14H21N3O4S. The standard InChI is InChI=1S/C14H21N3O4S/c1-22(20,21)16-7-5-13(19)17-14(10-8-11(18)9-10)12-4-2-3-6-15-12/h2-4,6,10-11,14,16,18H,5,7-9H2,1H3,(H,17,19). The normalized spacial score (nSPS) is 22.6. The summed E-state index contributed by atoms with van der Waals surface area (Å²) in [6.07, 6.45) is 3.71. The van der Waals surface area contributed by atoms with E-state index in [0.717, 1.165) is 11.9 Å². The van der Waals surface area contributed by atoms with E-state index in [1.165, 1.54) is 0 Å². The van der Waals surface area contributed by atoms with Crippen LogP contribution in [0.25, 0.3) is 0 Å². The van der Waals surface area contributed by atoms with E-state index in [1.807, 2.05) is 12.1 Å². The van der Waals surface area contributed by atoms with Crippen molar-refractivity contribution in [3.05, 3.63) is 30.1 Å². The van der Waals surface area contributed by atoms with Gasteiger partial charge in [-0.3, -0.25) is 9.78 Å². The molecular weight excluding hydrogens is 306 g/mol. The Hall–Kier alpha value is -1.51. The maximum atomic E-state index is 12.0. The molecule has 1 atom stereocenters. The Kier molecular flexibility index (Phi) is 5.49. The summed E-state index contributed by atoms with van der Waals surface area (Å²) in [5.41, 5.74) is 0.754. The first kappa shape index (κ1) is 16.9. The molecule has 122 valence electrons. The summed E-state index contributed by atoms with van der Waals surface area (Å²) in [4.78, 5) is 16.3. The number of hydrogen-bond acceptors (Lipinski definition) is 5. The minimum absolute atomic E-state index is 0.0612. The zero-order chi connectivity index (χ0) is 16.2. The average Bonchev–Trinajstić information content (AvgIpc) is 2.41. The van der Waals surface area contributed by atoms with Crippen molar-refractivity contribution in [1.82, 2.24) is 15.0 Å². The van der Waals surface area contributed by atoms with E-state index < -0.39 is 10.0 Å². The Morgan fingerprint density at radius 2 is 2.18 bits per heavy atom. The maximum Gasteiger partial charge on any atom is 0.221 e. The fourth-order valence-corrected chi connectivity index (χ4v) is 2.96. The van der Waals surface area contributed by atoms with Crippen LogP contribution in [0, 0.1) is 5.92 Å². The van der Waals surface area contributed by atoms with Gasteiger partial charge in [-0.15, -0.1) is 0 Å². The molecule has 1 aliphatic carbocycles. The molecule has 1 aromatic rings. The first-order valence-corrected chi connectivity index (χ1v) is 9.07. The van der Waals surface area contributed by atoms with Gasteiger partial charge in [0.1, 0.15) is 0 Å². The Bertz CT molecular complexity index is 600. The quantitative estimate of drug-likeness (QED) is 0.651. The molecule has 1 amide bonds. The number of sulfonamides is 1. The van der Waals surface area contributed by atoms with E-state index in [2.05, 4.69) is 15.0 Å². The summed E-state index contributed by atoms with van der Waals surface area (Å²) >= 11 is 0. The van der Waals surface area contributed by atoms with Crippen LogP contribution in [0.5, 0.6) is 0 Å². The van der Waals surface area contributed by atoms with Crippen molar-refractivity contribution in [2.45, 2.75) is 31.4 Å². The van der Waals surface area contributed by atoms with Crippen LogP contribution in [0.3, 0.4) is 0 Å². The zero-order valence-corrected chi connectivity index (χ0v) is 13.2. The van der Waals surface area contributed by atoms with Crippen molar-refractivity contribution in [2.75, 3.05) is 12.8 Å². The third-order valence-corrected chi connectivity index (χ3v) is 4.39. The third kappa shape index (κ3) is 5.04. The van der Waals surface area contributed by atoms with Crippen LogP contribution in [-0.2, 0) is 14.8 Å². The highest BCUT2D eigenvalue weighted by Crippen LogP contribution is 2.37. The van der Waals surface area contributed by atoms with E-state index in [9.17, 15) is 18.3 Å². The van der Waals surface area contributed by atoms with E-state index >= 15 is 0 Å². The molecule has 1 aromatic heterocycles. The van der Waals surface area contributed by atoms with Gasteiger partial charge in [0.15, 0.2) is 0 Å². The van der Waals surface area contributed by atoms with Gasteiger partial charge < -0.3 is 10.4 Å². The summed E-state index contributed by atoms with van der Waals surface area (Å²) in [6.45, 7) is 0.0624. The molecule has 8 heteroatoms.